The van der Waals surface area contributed by atoms with E-state index in [0.29, 0.717) is 18.8 Å². The fourth-order valence-electron chi connectivity index (χ4n) is 2.14. The van der Waals surface area contributed by atoms with Crippen LogP contribution >= 0.6 is 0 Å². The molecule has 1 fully saturated rings. The van der Waals surface area contributed by atoms with Crippen LogP contribution in [-0.4, -0.2) is 46.6 Å². The van der Waals surface area contributed by atoms with Crippen LogP contribution in [0.3, 0.4) is 0 Å². The summed E-state index contributed by atoms with van der Waals surface area (Å²) in [5, 5.41) is 0. The van der Waals surface area contributed by atoms with E-state index in [2.05, 4.69) is 9.97 Å². The molecule has 18 heavy (non-hydrogen) atoms. The largest absolute Gasteiger partial charge is 0.382 e. The molecule has 0 aromatic carbocycles. The summed E-state index contributed by atoms with van der Waals surface area (Å²) in [6, 6.07) is 0. The van der Waals surface area contributed by atoms with Crippen LogP contribution in [0.5, 0.6) is 0 Å². The lowest BCUT2D eigenvalue weighted by molar-refractivity contribution is 0.00702. The fraction of sp³-hybridized carbons (Fsp3) is 0.583. The smallest absolute Gasteiger partial charge is 0.274 e. The van der Waals surface area contributed by atoms with E-state index < -0.39 is 0 Å². The Hall–Kier alpha value is -1.69. The average Bonchev–Trinajstić information content (AvgIpc) is 2.39. The molecule has 1 saturated heterocycles. The highest BCUT2D eigenvalue weighted by Crippen LogP contribution is 2.15. The summed E-state index contributed by atoms with van der Waals surface area (Å²) in [6.07, 6.45) is 4.95. The highest BCUT2D eigenvalue weighted by molar-refractivity contribution is 5.92. The molecule has 1 amide bonds. The van der Waals surface area contributed by atoms with Crippen LogP contribution in [0.15, 0.2) is 12.4 Å². The predicted octanol–water partition coefficient (Wildman–Crippen LogP) is 0.700. The molecule has 6 heteroatoms. The van der Waals surface area contributed by atoms with Crippen molar-refractivity contribution >= 4 is 11.7 Å². The number of likely N-dealkylation sites (tertiary alicyclic amines) is 1. The van der Waals surface area contributed by atoms with E-state index in [1.54, 1.807) is 4.90 Å². The first-order valence-electron chi connectivity index (χ1n) is 6.19. The maximum absolute atomic E-state index is 12.2. The summed E-state index contributed by atoms with van der Waals surface area (Å²) in [7, 11) is 0. The number of aromatic nitrogens is 2. The molecule has 1 aromatic heterocycles. The van der Waals surface area contributed by atoms with Crippen molar-refractivity contribution < 1.29 is 9.53 Å². The van der Waals surface area contributed by atoms with Gasteiger partial charge < -0.3 is 15.4 Å². The Kier molecular flexibility index (Phi) is 4.09. The average molecular weight is 250 g/mol. The quantitative estimate of drug-likeness (QED) is 0.854. The van der Waals surface area contributed by atoms with Crippen molar-refractivity contribution in [2.24, 2.45) is 0 Å². The van der Waals surface area contributed by atoms with Crippen molar-refractivity contribution in [3.63, 3.8) is 0 Å². The zero-order valence-electron chi connectivity index (χ0n) is 10.5. The fourth-order valence-corrected chi connectivity index (χ4v) is 2.14. The maximum atomic E-state index is 12.2. The number of hydrogen-bond donors (Lipinski definition) is 1. The number of rotatable bonds is 3. The van der Waals surface area contributed by atoms with Crippen molar-refractivity contribution in [2.75, 3.05) is 25.4 Å². The molecule has 1 aliphatic rings. The highest BCUT2D eigenvalue weighted by atomic mass is 16.5. The molecule has 2 N–H and O–H groups in total. The molecule has 1 atom stereocenters. The zero-order valence-corrected chi connectivity index (χ0v) is 10.5. The molecule has 0 radical (unpaired) electrons. The third kappa shape index (κ3) is 2.95. The van der Waals surface area contributed by atoms with Gasteiger partial charge in [-0.05, 0) is 19.8 Å². The minimum atomic E-state index is -0.126. The third-order valence-corrected chi connectivity index (χ3v) is 2.94. The number of hydrogen-bond acceptors (Lipinski definition) is 5. The summed E-state index contributed by atoms with van der Waals surface area (Å²) in [5.74, 6) is 0.137. The Morgan fingerprint density at radius 2 is 2.44 bits per heavy atom. The molecule has 1 aromatic rings. The molecule has 0 spiro atoms. The van der Waals surface area contributed by atoms with Gasteiger partial charge in [0.15, 0.2) is 0 Å². The Bertz CT molecular complexity index is 422. The molecule has 0 bridgehead atoms. The number of nitrogens with two attached hydrogens (primary N) is 1. The Morgan fingerprint density at radius 1 is 1.61 bits per heavy atom. The van der Waals surface area contributed by atoms with Gasteiger partial charge in [-0.15, -0.1) is 0 Å². The van der Waals surface area contributed by atoms with Gasteiger partial charge in [0.1, 0.15) is 11.5 Å². The van der Waals surface area contributed by atoms with Crippen molar-refractivity contribution in [1.82, 2.24) is 14.9 Å². The topological polar surface area (TPSA) is 81.3 Å². The van der Waals surface area contributed by atoms with E-state index in [9.17, 15) is 4.79 Å². The summed E-state index contributed by atoms with van der Waals surface area (Å²) >= 11 is 0. The number of nitrogen functional groups attached to an aromatic ring is 1. The molecule has 2 rings (SSSR count). The SMILES string of the molecule is CCOC1CCCN(C(=O)c2cncc(N)n2)C1. The number of ether oxygens (including phenoxy) is 1. The van der Waals surface area contributed by atoms with E-state index >= 15 is 0 Å². The summed E-state index contributed by atoms with van der Waals surface area (Å²) in [6.45, 7) is 3.98. The van der Waals surface area contributed by atoms with E-state index in [0.717, 1.165) is 19.4 Å². The van der Waals surface area contributed by atoms with Gasteiger partial charge >= 0.3 is 0 Å². The van der Waals surface area contributed by atoms with Gasteiger partial charge in [-0.25, -0.2) is 4.98 Å². The standard InChI is InChI=1S/C12H18N4O2/c1-2-18-9-4-3-5-16(8-9)12(17)10-6-14-7-11(13)15-10/h6-7,9H,2-5,8H2,1H3,(H2,13,15). The number of carbonyl (C=O) groups excluding carboxylic acids is 1. The van der Waals surface area contributed by atoms with Crippen LogP contribution in [0.25, 0.3) is 0 Å². The first kappa shape index (κ1) is 12.8. The molecule has 1 unspecified atom stereocenters. The van der Waals surface area contributed by atoms with Crippen molar-refractivity contribution in [3.8, 4) is 0 Å². The van der Waals surface area contributed by atoms with Gasteiger partial charge in [-0.1, -0.05) is 0 Å². The van der Waals surface area contributed by atoms with E-state index in [4.69, 9.17) is 10.5 Å². The van der Waals surface area contributed by atoms with Gasteiger partial charge in [-0.3, -0.25) is 9.78 Å². The van der Waals surface area contributed by atoms with Crippen LogP contribution in [0, 0.1) is 0 Å². The second-order valence-corrected chi connectivity index (χ2v) is 4.30. The van der Waals surface area contributed by atoms with Crippen LogP contribution < -0.4 is 5.73 Å². The van der Waals surface area contributed by atoms with E-state index in [1.807, 2.05) is 6.92 Å². The second kappa shape index (κ2) is 5.77. The molecule has 0 saturated carbocycles. The van der Waals surface area contributed by atoms with E-state index in [-0.39, 0.29) is 17.8 Å². The summed E-state index contributed by atoms with van der Waals surface area (Å²) in [5.41, 5.74) is 5.83. The van der Waals surface area contributed by atoms with Gasteiger partial charge in [-0.2, -0.15) is 0 Å². The molecule has 1 aliphatic heterocycles. The Morgan fingerprint density at radius 3 is 3.17 bits per heavy atom. The normalized spacial score (nSPS) is 19.8. The minimum Gasteiger partial charge on any atom is -0.382 e. The third-order valence-electron chi connectivity index (χ3n) is 2.94. The number of anilines is 1. The first-order valence-corrected chi connectivity index (χ1v) is 6.19. The van der Waals surface area contributed by atoms with Crippen molar-refractivity contribution in [2.45, 2.75) is 25.9 Å². The van der Waals surface area contributed by atoms with Gasteiger partial charge in [0, 0.05) is 19.7 Å². The van der Waals surface area contributed by atoms with Crippen LogP contribution in [0.2, 0.25) is 0 Å². The Balaban J connectivity index is 2.04. The molecule has 98 valence electrons. The minimum absolute atomic E-state index is 0.126. The highest BCUT2D eigenvalue weighted by Gasteiger charge is 2.25. The number of amides is 1. The molecular weight excluding hydrogens is 232 g/mol. The monoisotopic (exact) mass is 250 g/mol. The van der Waals surface area contributed by atoms with Crippen molar-refractivity contribution in [3.05, 3.63) is 18.1 Å². The van der Waals surface area contributed by atoms with Gasteiger partial charge in [0.05, 0.1) is 18.5 Å². The van der Waals surface area contributed by atoms with Crippen LogP contribution in [-0.2, 0) is 4.74 Å². The number of piperidine rings is 1. The van der Waals surface area contributed by atoms with Crippen LogP contribution in [0.4, 0.5) is 5.82 Å². The second-order valence-electron chi connectivity index (χ2n) is 4.30. The van der Waals surface area contributed by atoms with Gasteiger partial charge in [0.25, 0.3) is 5.91 Å². The van der Waals surface area contributed by atoms with Gasteiger partial charge in [0.2, 0.25) is 0 Å². The molecule has 2 heterocycles. The lowest BCUT2D eigenvalue weighted by atomic mass is 10.1. The van der Waals surface area contributed by atoms with Crippen LogP contribution in [0.1, 0.15) is 30.3 Å². The lowest BCUT2D eigenvalue weighted by Gasteiger charge is -2.32. The predicted molar refractivity (Wildman–Crippen MR) is 67.0 cm³/mol. The molecular formula is C12H18N4O2. The molecule has 0 aliphatic carbocycles. The number of carbonyl (C=O) groups is 1. The number of nitrogens with zero attached hydrogens (tertiary/aromatic N) is 3. The summed E-state index contributed by atoms with van der Waals surface area (Å²) in [4.78, 5) is 21.9. The molecule has 6 nitrogen and oxygen atoms in total. The zero-order chi connectivity index (χ0) is 13.0. The Labute approximate surface area is 106 Å². The maximum Gasteiger partial charge on any atom is 0.274 e. The summed E-state index contributed by atoms with van der Waals surface area (Å²) < 4.78 is 5.57. The lowest BCUT2D eigenvalue weighted by Crippen LogP contribution is -2.43. The first-order chi connectivity index (χ1) is 8.70. The van der Waals surface area contributed by atoms with E-state index in [1.165, 1.54) is 12.4 Å². The van der Waals surface area contributed by atoms with Crippen molar-refractivity contribution in [1.29, 1.82) is 0 Å².